The van der Waals surface area contributed by atoms with E-state index in [1.165, 1.54) is 23.4 Å². The summed E-state index contributed by atoms with van der Waals surface area (Å²) in [5.74, 6) is -0.572. The van der Waals surface area contributed by atoms with Crippen LogP contribution in [0.2, 0.25) is 4.34 Å². The Hall–Kier alpha value is -1.33. The lowest BCUT2D eigenvalue weighted by molar-refractivity contribution is -0.119. The summed E-state index contributed by atoms with van der Waals surface area (Å²) in [5.41, 5.74) is 0.543. The molecule has 0 radical (unpaired) electrons. The molecule has 7 nitrogen and oxygen atoms in total. The number of sulfonamides is 1. The summed E-state index contributed by atoms with van der Waals surface area (Å²) in [6, 6.07) is 2.15. The van der Waals surface area contributed by atoms with Crippen molar-refractivity contribution < 1.29 is 18.0 Å². The number of thiophene rings is 1. The van der Waals surface area contributed by atoms with Crippen LogP contribution in [0.5, 0.6) is 0 Å². The van der Waals surface area contributed by atoms with Crippen molar-refractivity contribution in [2.24, 2.45) is 0 Å². The normalized spacial score (nSPS) is 18.2. The van der Waals surface area contributed by atoms with Crippen molar-refractivity contribution in [3.63, 3.8) is 0 Å². The molecule has 2 aromatic heterocycles. The zero-order valence-corrected chi connectivity index (χ0v) is 17.2. The van der Waals surface area contributed by atoms with E-state index < -0.39 is 22.0 Å². The molecule has 0 bridgehead atoms. The highest BCUT2D eigenvalue weighted by molar-refractivity contribution is 7.91. The molecule has 11 heteroatoms. The first-order valence-corrected chi connectivity index (χ1v) is 11.2. The molecular formula is C15H16ClN3O4S3. The van der Waals surface area contributed by atoms with Crippen molar-refractivity contribution in [2.75, 3.05) is 11.9 Å². The molecule has 1 aliphatic heterocycles. The van der Waals surface area contributed by atoms with Gasteiger partial charge in [0.2, 0.25) is 5.91 Å². The number of carbonyl (C=O) groups excluding carboxylic acids is 2. The second-order valence-electron chi connectivity index (χ2n) is 5.81. The second-order valence-corrected chi connectivity index (χ2v) is 10.6. The van der Waals surface area contributed by atoms with Crippen molar-refractivity contribution in [1.29, 1.82) is 0 Å². The molecule has 1 amide bonds. The molecule has 0 spiro atoms. The number of nitrogens with one attached hydrogen (secondary N) is 1. The van der Waals surface area contributed by atoms with E-state index in [-0.39, 0.29) is 16.5 Å². The maximum atomic E-state index is 12.8. The third kappa shape index (κ3) is 3.70. The predicted molar refractivity (Wildman–Crippen MR) is 102 cm³/mol. The highest BCUT2D eigenvalue weighted by atomic mass is 35.5. The highest BCUT2D eigenvalue weighted by Crippen LogP contribution is 2.33. The van der Waals surface area contributed by atoms with Crippen LogP contribution < -0.4 is 5.32 Å². The van der Waals surface area contributed by atoms with E-state index in [4.69, 9.17) is 11.6 Å². The zero-order valence-electron chi connectivity index (χ0n) is 14.0. The van der Waals surface area contributed by atoms with Gasteiger partial charge in [-0.15, -0.1) is 11.3 Å². The van der Waals surface area contributed by atoms with Gasteiger partial charge in [0, 0.05) is 13.5 Å². The summed E-state index contributed by atoms with van der Waals surface area (Å²) in [6.07, 6.45) is 1.01. The number of carbonyl (C=O) groups is 2. The van der Waals surface area contributed by atoms with E-state index in [1.54, 1.807) is 6.92 Å². The fourth-order valence-corrected chi connectivity index (χ4v) is 6.94. The molecule has 1 fully saturated rings. The topological polar surface area (TPSA) is 96.4 Å². The Morgan fingerprint density at radius 3 is 2.65 bits per heavy atom. The van der Waals surface area contributed by atoms with Gasteiger partial charge in [-0.3, -0.25) is 9.59 Å². The maximum Gasteiger partial charge on any atom is 0.253 e. The standard InChI is InChI=1S/C15H16ClN3O4S3/c1-8-13(9(2)20)25-15(17-8)18-14(21)10-4-3-7-19(10)26(22,23)12-6-5-11(16)24-12/h5-6,10H,3-4,7H2,1-2H3,(H,17,18,21)/t10-/m0/s1. The summed E-state index contributed by atoms with van der Waals surface area (Å²) in [6.45, 7) is 3.39. The molecule has 3 rings (SSSR count). The van der Waals surface area contributed by atoms with Gasteiger partial charge in [0.15, 0.2) is 10.9 Å². The Labute approximate surface area is 164 Å². The Bertz CT molecular complexity index is 967. The van der Waals surface area contributed by atoms with Crippen molar-refractivity contribution in [3.05, 3.63) is 27.0 Å². The van der Waals surface area contributed by atoms with E-state index in [1.807, 2.05) is 0 Å². The first kappa shape index (κ1) is 19.4. The molecule has 1 atom stereocenters. The lowest BCUT2D eigenvalue weighted by atomic mass is 10.2. The monoisotopic (exact) mass is 433 g/mol. The van der Waals surface area contributed by atoms with Gasteiger partial charge in [-0.05, 0) is 31.9 Å². The molecule has 0 unspecified atom stereocenters. The summed E-state index contributed by atoms with van der Waals surface area (Å²) < 4.78 is 27.3. The van der Waals surface area contributed by atoms with Crippen LogP contribution in [0.1, 0.15) is 35.1 Å². The predicted octanol–water partition coefficient (Wildman–Crippen LogP) is 3.16. The molecule has 0 saturated carbocycles. The lowest BCUT2D eigenvalue weighted by Gasteiger charge is -2.22. The Balaban J connectivity index is 1.80. The van der Waals surface area contributed by atoms with E-state index >= 15 is 0 Å². The third-order valence-electron chi connectivity index (χ3n) is 3.96. The maximum absolute atomic E-state index is 12.8. The number of rotatable bonds is 5. The van der Waals surface area contributed by atoms with Crippen LogP contribution in [0.25, 0.3) is 0 Å². The second kappa shape index (κ2) is 7.35. The molecule has 1 aliphatic rings. The first-order chi connectivity index (χ1) is 12.2. The quantitative estimate of drug-likeness (QED) is 0.730. The number of hydrogen-bond donors (Lipinski definition) is 1. The number of aromatic nitrogens is 1. The van der Waals surface area contributed by atoms with Crippen LogP contribution in [0, 0.1) is 6.92 Å². The summed E-state index contributed by atoms with van der Waals surface area (Å²) in [4.78, 5) is 28.8. The number of aryl methyl sites for hydroxylation is 1. The number of thiazole rings is 1. The fourth-order valence-electron chi connectivity index (χ4n) is 2.81. The molecular weight excluding hydrogens is 418 g/mol. The molecule has 0 aromatic carbocycles. The van der Waals surface area contributed by atoms with Gasteiger partial charge >= 0.3 is 0 Å². The van der Waals surface area contributed by atoms with E-state index in [0.717, 1.165) is 22.7 Å². The van der Waals surface area contributed by atoms with Gasteiger partial charge in [-0.1, -0.05) is 22.9 Å². The SMILES string of the molecule is CC(=O)c1sc(NC(=O)[C@@H]2CCCN2S(=O)(=O)c2ccc(Cl)s2)nc1C. The number of nitrogens with zero attached hydrogens (tertiary/aromatic N) is 2. The van der Waals surface area contributed by atoms with Gasteiger partial charge in [-0.25, -0.2) is 13.4 Å². The zero-order chi connectivity index (χ0) is 19.1. The number of amides is 1. The summed E-state index contributed by atoms with van der Waals surface area (Å²) in [5, 5.41) is 2.94. The van der Waals surface area contributed by atoms with Crippen LogP contribution in [0.4, 0.5) is 5.13 Å². The van der Waals surface area contributed by atoms with Crippen molar-refractivity contribution in [2.45, 2.75) is 36.9 Å². The molecule has 2 aromatic rings. The number of hydrogen-bond acceptors (Lipinski definition) is 7. The van der Waals surface area contributed by atoms with Crippen LogP contribution in [-0.4, -0.2) is 42.0 Å². The van der Waals surface area contributed by atoms with Crippen LogP contribution in [0.3, 0.4) is 0 Å². The number of ketones is 1. The molecule has 1 saturated heterocycles. The fraction of sp³-hybridized carbons (Fsp3) is 0.400. The Morgan fingerprint density at radius 1 is 1.35 bits per heavy atom. The van der Waals surface area contributed by atoms with Crippen LogP contribution in [0.15, 0.2) is 16.3 Å². The van der Waals surface area contributed by atoms with Crippen molar-refractivity contribution in [3.8, 4) is 0 Å². The van der Waals surface area contributed by atoms with Crippen molar-refractivity contribution in [1.82, 2.24) is 9.29 Å². The van der Waals surface area contributed by atoms with E-state index in [0.29, 0.717) is 32.9 Å². The number of halogens is 1. The molecule has 140 valence electrons. The minimum absolute atomic E-state index is 0.117. The van der Waals surface area contributed by atoms with E-state index in [9.17, 15) is 18.0 Å². The first-order valence-electron chi connectivity index (χ1n) is 7.76. The smallest absolute Gasteiger partial charge is 0.253 e. The number of Topliss-reactive ketones (excluding diaryl/α,β-unsaturated/α-hetero) is 1. The van der Waals surface area contributed by atoms with Crippen LogP contribution >= 0.6 is 34.3 Å². The number of anilines is 1. The lowest BCUT2D eigenvalue weighted by Crippen LogP contribution is -2.42. The average molecular weight is 434 g/mol. The minimum Gasteiger partial charge on any atom is -0.301 e. The molecule has 1 N–H and O–H groups in total. The van der Waals surface area contributed by atoms with Gasteiger partial charge < -0.3 is 5.32 Å². The Kier molecular flexibility index (Phi) is 5.50. The summed E-state index contributed by atoms with van der Waals surface area (Å²) in [7, 11) is -3.79. The summed E-state index contributed by atoms with van der Waals surface area (Å²) >= 11 is 7.90. The van der Waals surface area contributed by atoms with Crippen LogP contribution in [-0.2, 0) is 14.8 Å². The van der Waals surface area contributed by atoms with E-state index in [2.05, 4.69) is 10.3 Å². The minimum atomic E-state index is -3.79. The average Bonchev–Trinajstić information content (AvgIpc) is 3.26. The molecule has 26 heavy (non-hydrogen) atoms. The van der Waals surface area contributed by atoms with Gasteiger partial charge in [-0.2, -0.15) is 4.31 Å². The van der Waals surface area contributed by atoms with Gasteiger partial charge in [0.25, 0.3) is 10.0 Å². The molecule has 0 aliphatic carbocycles. The highest BCUT2D eigenvalue weighted by Gasteiger charge is 2.40. The molecule has 3 heterocycles. The van der Waals surface area contributed by atoms with Crippen molar-refractivity contribution >= 4 is 61.1 Å². The van der Waals surface area contributed by atoms with Gasteiger partial charge in [0.05, 0.1) is 14.9 Å². The largest absolute Gasteiger partial charge is 0.301 e. The Morgan fingerprint density at radius 2 is 2.08 bits per heavy atom. The third-order valence-corrected chi connectivity index (χ3v) is 8.74. The van der Waals surface area contributed by atoms with Gasteiger partial charge in [0.1, 0.15) is 10.3 Å².